The second-order valence-corrected chi connectivity index (χ2v) is 7.61. The zero-order chi connectivity index (χ0) is 22.3. The van der Waals surface area contributed by atoms with E-state index in [2.05, 4.69) is 20.3 Å². The zero-order valence-corrected chi connectivity index (χ0v) is 21.2. The van der Waals surface area contributed by atoms with Crippen LogP contribution in [0.3, 0.4) is 0 Å². The van der Waals surface area contributed by atoms with Crippen molar-refractivity contribution in [3.05, 3.63) is 72.6 Å². The van der Waals surface area contributed by atoms with Crippen LogP contribution in [0.1, 0.15) is 12.0 Å². The van der Waals surface area contributed by atoms with Crippen LogP contribution in [0.2, 0.25) is 0 Å². The van der Waals surface area contributed by atoms with E-state index in [-0.39, 0.29) is 36.5 Å². The fraction of sp³-hybridized carbons (Fsp3) is 0.292. The lowest BCUT2D eigenvalue weighted by molar-refractivity contribution is -0.121. The largest absolute Gasteiger partial charge is 0.482 e. The maximum atomic E-state index is 12.3. The number of carbonyl (C=O) groups is 1. The van der Waals surface area contributed by atoms with Gasteiger partial charge in [0, 0.05) is 45.5 Å². The number of hydrogen-bond donors (Lipinski definition) is 1. The lowest BCUT2D eigenvalue weighted by atomic mass is 10.2. The summed E-state index contributed by atoms with van der Waals surface area (Å²) in [4.78, 5) is 20.5. The van der Waals surface area contributed by atoms with Crippen molar-refractivity contribution in [2.24, 2.45) is 4.99 Å². The molecule has 1 aliphatic rings. The Morgan fingerprint density at radius 1 is 1.18 bits per heavy atom. The highest BCUT2D eigenvalue weighted by Gasteiger charge is 2.24. The van der Waals surface area contributed by atoms with Gasteiger partial charge in [-0.2, -0.15) is 5.10 Å². The van der Waals surface area contributed by atoms with Crippen LogP contribution < -0.4 is 15.0 Å². The summed E-state index contributed by atoms with van der Waals surface area (Å²) in [5.41, 5.74) is 2.96. The average Bonchev–Trinajstić information content (AvgIpc) is 3.29. The van der Waals surface area contributed by atoms with E-state index < -0.39 is 0 Å². The minimum Gasteiger partial charge on any atom is -0.482 e. The van der Waals surface area contributed by atoms with Crippen LogP contribution in [0.15, 0.2) is 72.0 Å². The first-order valence-corrected chi connectivity index (χ1v) is 10.7. The standard InChI is InChI=1S/C24H28N6O2.HI/c1-25-24(28(2)16-19-15-27-30(17-19)20-9-4-3-5-10-20)26-13-8-14-29-21-11-6-7-12-22(21)32-18-23(29)31;/h3-7,9-12,15,17H,8,13-14,16,18H2,1-2H3,(H,25,26);1H. The van der Waals surface area contributed by atoms with Crippen LogP contribution in [0, 0.1) is 0 Å². The lowest BCUT2D eigenvalue weighted by Crippen LogP contribution is -2.42. The number of nitrogens with zero attached hydrogens (tertiary/aromatic N) is 5. The van der Waals surface area contributed by atoms with Crippen molar-refractivity contribution in [3.8, 4) is 11.4 Å². The van der Waals surface area contributed by atoms with Gasteiger partial charge in [-0.25, -0.2) is 4.68 Å². The molecular weight excluding hydrogens is 531 g/mol. The van der Waals surface area contributed by atoms with Crippen LogP contribution in [0.4, 0.5) is 5.69 Å². The number of guanidine groups is 1. The van der Waals surface area contributed by atoms with Crippen LogP contribution in [-0.2, 0) is 11.3 Å². The van der Waals surface area contributed by atoms with Gasteiger partial charge in [-0.15, -0.1) is 24.0 Å². The zero-order valence-electron chi connectivity index (χ0n) is 18.8. The number of anilines is 1. The Balaban J connectivity index is 0.00000306. The molecule has 33 heavy (non-hydrogen) atoms. The highest BCUT2D eigenvalue weighted by molar-refractivity contribution is 14.0. The van der Waals surface area contributed by atoms with E-state index >= 15 is 0 Å². The third-order valence-corrected chi connectivity index (χ3v) is 5.30. The van der Waals surface area contributed by atoms with E-state index in [0.717, 1.165) is 35.1 Å². The van der Waals surface area contributed by atoms with Gasteiger partial charge in [-0.05, 0) is 30.7 Å². The van der Waals surface area contributed by atoms with E-state index in [0.29, 0.717) is 19.6 Å². The first kappa shape index (κ1) is 24.6. The average molecular weight is 560 g/mol. The molecule has 0 aliphatic carbocycles. The minimum atomic E-state index is -0.0133. The molecule has 1 aliphatic heterocycles. The van der Waals surface area contributed by atoms with Crippen molar-refractivity contribution in [2.45, 2.75) is 13.0 Å². The van der Waals surface area contributed by atoms with Gasteiger partial charge in [0.1, 0.15) is 5.75 Å². The van der Waals surface area contributed by atoms with Crippen LogP contribution in [-0.4, -0.2) is 60.3 Å². The Morgan fingerprint density at radius 2 is 1.94 bits per heavy atom. The van der Waals surface area contributed by atoms with Gasteiger partial charge in [-0.3, -0.25) is 9.79 Å². The summed E-state index contributed by atoms with van der Waals surface area (Å²) in [5, 5.41) is 7.85. The minimum absolute atomic E-state index is 0. The van der Waals surface area contributed by atoms with Gasteiger partial charge < -0.3 is 19.9 Å². The van der Waals surface area contributed by atoms with Gasteiger partial charge >= 0.3 is 0 Å². The summed E-state index contributed by atoms with van der Waals surface area (Å²) in [6, 6.07) is 17.7. The molecule has 174 valence electrons. The highest BCUT2D eigenvalue weighted by atomic mass is 127. The third-order valence-electron chi connectivity index (χ3n) is 5.30. The molecule has 2 aromatic carbocycles. The van der Waals surface area contributed by atoms with Crippen molar-refractivity contribution in [1.82, 2.24) is 20.0 Å². The molecule has 0 unspecified atom stereocenters. The van der Waals surface area contributed by atoms with E-state index in [1.807, 2.05) is 78.7 Å². The SMILES string of the molecule is CN=C(NCCCN1C(=O)COc2ccccc21)N(C)Cc1cnn(-c2ccccc2)c1.I. The number of ether oxygens (including phenoxy) is 1. The number of carbonyl (C=O) groups excluding carboxylic acids is 1. The highest BCUT2D eigenvalue weighted by Crippen LogP contribution is 2.31. The molecule has 0 atom stereocenters. The smallest absolute Gasteiger partial charge is 0.265 e. The molecule has 0 saturated heterocycles. The van der Waals surface area contributed by atoms with Gasteiger partial charge in [0.05, 0.1) is 17.6 Å². The lowest BCUT2D eigenvalue weighted by Gasteiger charge is -2.29. The quantitative estimate of drug-likeness (QED) is 0.208. The summed E-state index contributed by atoms with van der Waals surface area (Å²) in [6.45, 7) is 2.09. The molecule has 0 bridgehead atoms. The van der Waals surface area contributed by atoms with Crippen molar-refractivity contribution in [3.63, 3.8) is 0 Å². The summed E-state index contributed by atoms with van der Waals surface area (Å²) >= 11 is 0. The van der Waals surface area contributed by atoms with Crippen molar-refractivity contribution in [1.29, 1.82) is 0 Å². The van der Waals surface area contributed by atoms with E-state index in [1.165, 1.54) is 0 Å². The Kier molecular flexibility index (Phi) is 8.70. The molecule has 0 radical (unpaired) electrons. The summed E-state index contributed by atoms with van der Waals surface area (Å²) < 4.78 is 7.38. The predicted octanol–water partition coefficient (Wildman–Crippen LogP) is 3.31. The maximum Gasteiger partial charge on any atom is 0.265 e. The van der Waals surface area contributed by atoms with Crippen LogP contribution >= 0.6 is 24.0 Å². The topological polar surface area (TPSA) is 75.0 Å². The molecule has 1 N–H and O–H groups in total. The second-order valence-electron chi connectivity index (χ2n) is 7.61. The Hall–Kier alpha value is -3.08. The Labute approximate surface area is 211 Å². The van der Waals surface area contributed by atoms with Crippen LogP contribution in [0.25, 0.3) is 5.69 Å². The molecule has 3 aromatic rings. The number of fused-ring (bicyclic) bond motifs is 1. The number of para-hydroxylation sites is 3. The monoisotopic (exact) mass is 560 g/mol. The normalized spacial score (nSPS) is 13.1. The fourth-order valence-electron chi connectivity index (χ4n) is 3.73. The number of aromatic nitrogens is 2. The number of benzene rings is 2. The van der Waals surface area contributed by atoms with Crippen molar-refractivity contribution in [2.75, 3.05) is 38.7 Å². The van der Waals surface area contributed by atoms with E-state index in [1.54, 1.807) is 11.9 Å². The maximum absolute atomic E-state index is 12.3. The van der Waals surface area contributed by atoms with Gasteiger partial charge in [-0.1, -0.05) is 30.3 Å². The van der Waals surface area contributed by atoms with Crippen molar-refractivity contribution >= 4 is 41.5 Å². The molecule has 8 nitrogen and oxygen atoms in total. The van der Waals surface area contributed by atoms with Gasteiger partial charge in [0.25, 0.3) is 5.91 Å². The molecule has 1 amide bonds. The molecular formula is C24H29IN6O2. The van der Waals surface area contributed by atoms with Crippen molar-refractivity contribution < 1.29 is 9.53 Å². The molecule has 0 saturated carbocycles. The number of aliphatic imine (C=N–C) groups is 1. The number of nitrogens with one attached hydrogen (secondary N) is 1. The fourth-order valence-corrected chi connectivity index (χ4v) is 3.73. The van der Waals surface area contributed by atoms with Crippen LogP contribution in [0.5, 0.6) is 5.75 Å². The second kappa shape index (κ2) is 11.7. The number of hydrogen-bond acceptors (Lipinski definition) is 4. The summed E-state index contributed by atoms with van der Waals surface area (Å²) in [6.07, 6.45) is 4.69. The van der Waals surface area contributed by atoms with Gasteiger partial charge in [0.2, 0.25) is 0 Å². The third kappa shape index (κ3) is 6.04. The Bertz CT molecular complexity index is 1090. The molecule has 0 spiro atoms. The predicted molar refractivity (Wildman–Crippen MR) is 141 cm³/mol. The van der Waals surface area contributed by atoms with Gasteiger partial charge in [0.15, 0.2) is 12.6 Å². The first-order chi connectivity index (χ1) is 15.7. The summed E-state index contributed by atoms with van der Waals surface area (Å²) in [7, 11) is 3.77. The number of halogens is 1. The first-order valence-electron chi connectivity index (χ1n) is 10.7. The molecule has 9 heteroatoms. The van der Waals surface area contributed by atoms with E-state index in [4.69, 9.17) is 4.74 Å². The molecule has 2 heterocycles. The van der Waals surface area contributed by atoms with E-state index in [9.17, 15) is 4.79 Å². The molecule has 0 fully saturated rings. The molecule has 4 rings (SSSR count). The number of rotatable bonds is 7. The molecule has 1 aromatic heterocycles. The summed E-state index contributed by atoms with van der Waals surface area (Å²) in [5.74, 6) is 1.54. The number of amides is 1. The Morgan fingerprint density at radius 3 is 2.73 bits per heavy atom.